The van der Waals surface area contributed by atoms with Crippen molar-refractivity contribution >= 4 is 28.8 Å². The molecule has 1 fully saturated rings. The molecule has 2 aliphatic heterocycles. The summed E-state index contributed by atoms with van der Waals surface area (Å²) in [6.45, 7) is 2.59. The predicted molar refractivity (Wildman–Crippen MR) is 129 cm³/mol. The highest BCUT2D eigenvalue weighted by Crippen LogP contribution is 2.38. The molecule has 1 saturated heterocycles. The van der Waals surface area contributed by atoms with Crippen molar-refractivity contribution in [3.05, 3.63) is 95.9 Å². The van der Waals surface area contributed by atoms with Crippen LogP contribution in [0.4, 0.5) is 15.8 Å². The van der Waals surface area contributed by atoms with E-state index in [1.807, 2.05) is 35.2 Å². The Labute approximate surface area is 197 Å². The van der Waals surface area contributed by atoms with E-state index >= 15 is 0 Å². The number of para-hydroxylation sites is 2. The first kappa shape index (κ1) is 21.7. The van der Waals surface area contributed by atoms with Gasteiger partial charge in [-0.25, -0.2) is 9.29 Å². The SMILES string of the molecule is COc1ccccc1C1=C(N2CCN(c3ccccc3)CC2)C(=O)N(c2ccc(F)cc2)C1=O. The van der Waals surface area contributed by atoms with Crippen LogP contribution >= 0.6 is 0 Å². The van der Waals surface area contributed by atoms with Gasteiger partial charge >= 0.3 is 0 Å². The number of carbonyl (C=O) groups excluding carboxylic acids is 2. The van der Waals surface area contributed by atoms with Crippen LogP contribution in [0, 0.1) is 5.82 Å². The predicted octanol–water partition coefficient (Wildman–Crippen LogP) is 3.94. The summed E-state index contributed by atoms with van der Waals surface area (Å²) in [5, 5.41) is 0. The van der Waals surface area contributed by atoms with Gasteiger partial charge in [0.1, 0.15) is 17.3 Å². The monoisotopic (exact) mass is 457 g/mol. The second-order valence-electron chi connectivity index (χ2n) is 8.16. The summed E-state index contributed by atoms with van der Waals surface area (Å²) in [7, 11) is 1.54. The number of carbonyl (C=O) groups is 2. The molecule has 0 radical (unpaired) electrons. The summed E-state index contributed by atoms with van der Waals surface area (Å²) in [6, 6.07) is 22.7. The molecule has 5 rings (SSSR count). The van der Waals surface area contributed by atoms with E-state index in [1.54, 1.807) is 12.1 Å². The average Bonchev–Trinajstić information content (AvgIpc) is 3.14. The van der Waals surface area contributed by atoms with Crippen molar-refractivity contribution in [2.45, 2.75) is 0 Å². The van der Waals surface area contributed by atoms with Crippen LogP contribution in [-0.4, -0.2) is 50.0 Å². The molecule has 0 aromatic heterocycles. The average molecular weight is 458 g/mol. The highest BCUT2D eigenvalue weighted by Gasteiger charge is 2.43. The quantitative estimate of drug-likeness (QED) is 0.544. The Bertz CT molecular complexity index is 1250. The van der Waals surface area contributed by atoms with Gasteiger partial charge in [-0.3, -0.25) is 9.59 Å². The molecule has 3 aromatic carbocycles. The molecular formula is C27H24FN3O3. The summed E-state index contributed by atoms with van der Waals surface area (Å²) in [4.78, 5) is 32.7. The Morgan fingerprint density at radius 3 is 2.00 bits per heavy atom. The minimum absolute atomic E-state index is 0.305. The number of piperazine rings is 1. The van der Waals surface area contributed by atoms with Crippen molar-refractivity contribution < 1.29 is 18.7 Å². The van der Waals surface area contributed by atoms with Gasteiger partial charge in [0.15, 0.2) is 0 Å². The Balaban J connectivity index is 1.53. The number of methoxy groups -OCH3 is 1. The normalized spacial score (nSPS) is 16.5. The fourth-order valence-corrected chi connectivity index (χ4v) is 4.56. The maximum Gasteiger partial charge on any atom is 0.282 e. The summed E-state index contributed by atoms with van der Waals surface area (Å²) in [6.07, 6.45) is 0. The third-order valence-electron chi connectivity index (χ3n) is 6.24. The van der Waals surface area contributed by atoms with E-state index in [4.69, 9.17) is 4.74 Å². The number of hydrogen-bond donors (Lipinski definition) is 0. The van der Waals surface area contributed by atoms with E-state index in [0.717, 1.165) is 10.6 Å². The van der Waals surface area contributed by atoms with Gasteiger partial charge in [-0.15, -0.1) is 0 Å². The molecule has 0 N–H and O–H groups in total. The molecule has 0 atom stereocenters. The third-order valence-corrected chi connectivity index (χ3v) is 6.24. The molecule has 172 valence electrons. The standard InChI is InChI=1S/C27H24FN3O3/c1-34-23-10-6-5-9-22(23)24-25(27(33)31(26(24)32)21-13-11-19(28)12-14-21)30-17-15-29(16-18-30)20-7-3-2-4-8-20/h2-14H,15-18H2,1H3. The number of benzene rings is 3. The van der Waals surface area contributed by atoms with Gasteiger partial charge in [0.25, 0.3) is 11.8 Å². The number of hydrogen-bond acceptors (Lipinski definition) is 5. The first-order chi connectivity index (χ1) is 16.6. The maximum atomic E-state index is 13.7. The number of nitrogens with zero attached hydrogens (tertiary/aromatic N) is 3. The van der Waals surface area contributed by atoms with E-state index in [0.29, 0.717) is 54.4 Å². The van der Waals surface area contributed by atoms with E-state index in [1.165, 1.54) is 31.4 Å². The van der Waals surface area contributed by atoms with Crippen LogP contribution in [0.25, 0.3) is 5.57 Å². The Morgan fingerprint density at radius 2 is 1.32 bits per heavy atom. The topological polar surface area (TPSA) is 53.1 Å². The van der Waals surface area contributed by atoms with Crippen molar-refractivity contribution in [3.63, 3.8) is 0 Å². The first-order valence-corrected chi connectivity index (χ1v) is 11.2. The number of ether oxygens (including phenoxy) is 1. The van der Waals surface area contributed by atoms with Gasteiger partial charge in [0.05, 0.1) is 18.4 Å². The van der Waals surface area contributed by atoms with Crippen molar-refractivity contribution in [3.8, 4) is 5.75 Å². The molecule has 2 aliphatic rings. The van der Waals surface area contributed by atoms with Crippen LogP contribution in [0.15, 0.2) is 84.6 Å². The van der Waals surface area contributed by atoms with Crippen LogP contribution in [0.2, 0.25) is 0 Å². The summed E-state index contributed by atoms with van der Waals surface area (Å²) < 4.78 is 19.0. The fraction of sp³-hybridized carbons (Fsp3) is 0.185. The minimum atomic E-state index is -0.443. The molecule has 0 unspecified atom stereocenters. The molecular weight excluding hydrogens is 433 g/mol. The summed E-state index contributed by atoms with van der Waals surface area (Å²) >= 11 is 0. The Kier molecular flexibility index (Phi) is 5.76. The zero-order chi connectivity index (χ0) is 23.7. The molecule has 0 aliphatic carbocycles. The molecule has 3 aromatic rings. The van der Waals surface area contributed by atoms with Gasteiger partial charge in [0, 0.05) is 37.4 Å². The lowest BCUT2D eigenvalue weighted by molar-refractivity contribution is -0.120. The lowest BCUT2D eigenvalue weighted by Crippen LogP contribution is -2.47. The zero-order valence-electron chi connectivity index (χ0n) is 18.8. The van der Waals surface area contributed by atoms with E-state index in [2.05, 4.69) is 17.0 Å². The molecule has 0 spiro atoms. The van der Waals surface area contributed by atoms with Crippen LogP contribution in [-0.2, 0) is 9.59 Å². The molecule has 0 saturated carbocycles. The first-order valence-electron chi connectivity index (χ1n) is 11.2. The second-order valence-corrected chi connectivity index (χ2v) is 8.16. The largest absolute Gasteiger partial charge is 0.496 e. The summed E-state index contributed by atoms with van der Waals surface area (Å²) in [5.41, 5.74) is 2.68. The lowest BCUT2D eigenvalue weighted by atomic mass is 10.0. The second kappa shape index (κ2) is 9.02. The van der Waals surface area contributed by atoms with Gasteiger partial charge in [0.2, 0.25) is 0 Å². The highest BCUT2D eigenvalue weighted by molar-refractivity contribution is 6.45. The number of rotatable bonds is 5. The van der Waals surface area contributed by atoms with Crippen molar-refractivity contribution in [2.75, 3.05) is 43.1 Å². The Hall–Kier alpha value is -4.13. The number of imide groups is 1. The van der Waals surface area contributed by atoms with Crippen LogP contribution < -0.4 is 14.5 Å². The van der Waals surface area contributed by atoms with Crippen molar-refractivity contribution in [1.29, 1.82) is 0 Å². The minimum Gasteiger partial charge on any atom is -0.496 e. The molecule has 34 heavy (non-hydrogen) atoms. The number of amides is 2. The van der Waals surface area contributed by atoms with Crippen molar-refractivity contribution in [2.24, 2.45) is 0 Å². The Morgan fingerprint density at radius 1 is 0.706 bits per heavy atom. The fourth-order valence-electron chi connectivity index (χ4n) is 4.56. The van der Waals surface area contributed by atoms with E-state index in [9.17, 15) is 14.0 Å². The highest BCUT2D eigenvalue weighted by atomic mass is 19.1. The number of anilines is 2. The van der Waals surface area contributed by atoms with E-state index in [-0.39, 0.29) is 0 Å². The zero-order valence-corrected chi connectivity index (χ0v) is 18.8. The lowest BCUT2D eigenvalue weighted by Gasteiger charge is -2.37. The number of halogens is 1. The third kappa shape index (κ3) is 3.79. The smallest absolute Gasteiger partial charge is 0.282 e. The van der Waals surface area contributed by atoms with Gasteiger partial charge in [-0.2, -0.15) is 0 Å². The van der Waals surface area contributed by atoms with Gasteiger partial charge in [-0.05, 0) is 42.5 Å². The van der Waals surface area contributed by atoms with Crippen LogP contribution in [0.1, 0.15) is 5.56 Å². The van der Waals surface area contributed by atoms with Crippen molar-refractivity contribution in [1.82, 2.24) is 4.90 Å². The van der Waals surface area contributed by atoms with Gasteiger partial charge < -0.3 is 14.5 Å². The van der Waals surface area contributed by atoms with Gasteiger partial charge in [-0.1, -0.05) is 36.4 Å². The summed E-state index contributed by atoms with van der Waals surface area (Å²) in [5.74, 6) is -0.773. The maximum absolute atomic E-state index is 13.7. The molecule has 6 nitrogen and oxygen atoms in total. The molecule has 0 bridgehead atoms. The van der Waals surface area contributed by atoms with Crippen LogP contribution in [0.5, 0.6) is 5.75 Å². The molecule has 2 heterocycles. The molecule has 7 heteroatoms. The molecule has 2 amide bonds. The van der Waals surface area contributed by atoms with E-state index < -0.39 is 17.6 Å². The van der Waals surface area contributed by atoms with Crippen LogP contribution in [0.3, 0.4) is 0 Å².